The fourth-order valence-electron chi connectivity index (χ4n) is 3.92. The second-order valence-electron chi connectivity index (χ2n) is 7.92. The molecule has 8 heteroatoms. The Morgan fingerprint density at radius 1 is 1.21 bits per heavy atom. The molecular weight excluding hydrogens is 388 g/mol. The van der Waals surface area contributed by atoms with Crippen molar-refractivity contribution in [3.63, 3.8) is 0 Å². The lowest BCUT2D eigenvalue weighted by Gasteiger charge is -2.28. The predicted molar refractivity (Wildman–Crippen MR) is 111 cm³/mol. The number of thiazole rings is 1. The molecule has 1 amide bonds. The molecule has 2 aromatic rings. The Morgan fingerprint density at radius 3 is 2.83 bits per heavy atom. The molecule has 1 aromatic carbocycles. The summed E-state index contributed by atoms with van der Waals surface area (Å²) >= 11 is 1.60. The first-order chi connectivity index (χ1) is 14.2. The van der Waals surface area contributed by atoms with E-state index in [9.17, 15) is 4.79 Å². The summed E-state index contributed by atoms with van der Waals surface area (Å²) < 4.78 is 10.8. The number of likely N-dealkylation sites (N-methyl/N-ethyl adjacent to an activating group) is 1. The van der Waals surface area contributed by atoms with E-state index in [0.717, 1.165) is 41.6 Å². The Bertz CT molecular complexity index is 806. The van der Waals surface area contributed by atoms with E-state index < -0.39 is 0 Å². The third-order valence-corrected chi connectivity index (χ3v) is 6.49. The van der Waals surface area contributed by atoms with Crippen molar-refractivity contribution in [1.82, 2.24) is 9.88 Å². The number of hydrogen-bond acceptors (Lipinski definition) is 5. The topological polar surface area (TPSA) is 60.5 Å². The molecule has 0 unspecified atom stereocenters. The molecule has 156 valence electrons. The summed E-state index contributed by atoms with van der Waals surface area (Å²) in [4.78, 5) is 22.7. The highest BCUT2D eigenvalue weighted by Gasteiger charge is 2.22. The monoisotopic (exact) mass is 418 g/mol. The third-order valence-electron chi connectivity index (χ3n) is 5.72. The fraction of sp³-hybridized carbons (Fsp3) is 0.524. The zero-order valence-electron chi connectivity index (χ0n) is 17.0. The van der Waals surface area contributed by atoms with Crippen LogP contribution in [-0.4, -0.2) is 68.9 Å². The van der Waals surface area contributed by atoms with Gasteiger partial charge in [0.2, 0.25) is 12.7 Å². The summed E-state index contributed by atoms with van der Waals surface area (Å²) in [6.07, 6.45) is 3.19. The van der Waals surface area contributed by atoms with Crippen molar-refractivity contribution in [2.24, 2.45) is 0 Å². The molecule has 0 radical (unpaired) electrons. The molecule has 1 saturated heterocycles. The number of piperazine rings is 1. The first kappa shape index (κ1) is 20.1. The smallest absolute Gasteiger partial charge is 0.231 e. The van der Waals surface area contributed by atoms with E-state index in [2.05, 4.69) is 12.0 Å². The van der Waals surface area contributed by atoms with Gasteiger partial charge in [-0.25, -0.2) is 4.98 Å². The van der Waals surface area contributed by atoms with Gasteiger partial charge in [-0.1, -0.05) is 6.07 Å². The standard InChI is InChI=1S/C21H28N4O3S/c1-23-8-10-24(11-9-23)6-2-7-25(15-20-22-5-12-29-20)21(26)14-17-3-4-18-19(13-17)28-16-27-18/h3-5,12-13H,2,6-11,14-16H2,1H3/p+2. The van der Waals surface area contributed by atoms with Gasteiger partial charge in [0, 0.05) is 24.5 Å². The molecule has 29 heavy (non-hydrogen) atoms. The summed E-state index contributed by atoms with van der Waals surface area (Å²) in [7, 11) is 2.27. The summed E-state index contributed by atoms with van der Waals surface area (Å²) in [6.45, 7) is 7.66. The van der Waals surface area contributed by atoms with Crippen molar-refractivity contribution in [3.05, 3.63) is 40.3 Å². The van der Waals surface area contributed by atoms with Crippen LogP contribution in [0.15, 0.2) is 29.8 Å². The largest absolute Gasteiger partial charge is 0.454 e. The molecule has 2 aliphatic rings. The second-order valence-corrected chi connectivity index (χ2v) is 8.90. The molecule has 1 aromatic heterocycles. The fourth-order valence-corrected chi connectivity index (χ4v) is 4.55. The molecular formula is C21H30N4O3S+2. The maximum atomic E-state index is 13.1. The molecule has 0 spiro atoms. The van der Waals surface area contributed by atoms with Crippen LogP contribution in [0, 0.1) is 0 Å². The molecule has 0 bridgehead atoms. The molecule has 0 saturated carbocycles. The first-order valence-corrected chi connectivity index (χ1v) is 11.2. The Hall–Kier alpha value is -2.16. The van der Waals surface area contributed by atoms with Crippen LogP contribution in [0.25, 0.3) is 0 Å². The number of rotatable bonds is 8. The molecule has 7 nitrogen and oxygen atoms in total. The van der Waals surface area contributed by atoms with E-state index in [0.29, 0.717) is 13.0 Å². The number of ether oxygens (including phenoxy) is 2. The quantitative estimate of drug-likeness (QED) is 0.592. The normalized spacial score (nSPS) is 20.6. The minimum Gasteiger partial charge on any atom is -0.454 e. The van der Waals surface area contributed by atoms with Crippen LogP contribution in [0.2, 0.25) is 0 Å². The van der Waals surface area contributed by atoms with Gasteiger partial charge >= 0.3 is 0 Å². The van der Waals surface area contributed by atoms with Crippen LogP contribution < -0.4 is 19.3 Å². The number of carbonyl (C=O) groups excluding carboxylic acids is 1. The number of amides is 1. The first-order valence-electron chi connectivity index (χ1n) is 10.4. The minimum atomic E-state index is 0.136. The lowest BCUT2D eigenvalue weighted by molar-refractivity contribution is -1.00. The van der Waals surface area contributed by atoms with Crippen molar-refractivity contribution < 1.29 is 24.1 Å². The van der Waals surface area contributed by atoms with E-state index in [1.54, 1.807) is 27.3 Å². The summed E-state index contributed by atoms with van der Waals surface area (Å²) in [5, 5.41) is 2.95. The molecule has 1 fully saturated rings. The van der Waals surface area contributed by atoms with Crippen molar-refractivity contribution in [3.8, 4) is 11.5 Å². The summed E-state index contributed by atoms with van der Waals surface area (Å²) in [6, 6.07) is 5.75. The minimum absolute atomic E-state index is 0.136. The zero-order valence-corrected chi connectivity index (χ0v) is 17.8. The number of nitrogens with one attached hydrogen (secondary N) is 2. The average Bonchev–Trinajstić information content (AvgIpc) is 3.40. The predicted octanol–water partition coefficient (Wildman–Crippen LogP) is -0.754. The Morgan fingerprint density at radius 2 is 2.03 bits per heavy atom. The van der Waals surface area contributed by atoms with Gasteiger partial charge in [-0.15, -0.1) is 11.3 Å². The van der Waals surface area contributed by atoms with Crippen LogP contribution in [-0.2, 0) is 17.8 Å². The third kappa shape index (κ3) is 5.46. The van der Waals surface area contributed by atoms with Gasteiger partial charge in [-0.2, -0.15) is 0 Å². The van der Waals surface area contributed by atoms with E-state index >= 15 is 0 Å². The highest BCUT2D eigenvalue weighted by molar-refractivity contribution is 7.09. The van der Waals surface area contributed by atoms with Gasteiger partial charge in [0.25, 0.3) is 0 Å². The maximum absolute atomic E-state index is 13.1. The SMILES string of the molecule is C[NH+]1CC[NH+](CCCN(Cc2nccs2)C(=O)Cc2ccc3c(c2)OCO3)CC1. The summed E-state index contributed by atoms with van der Waals surface area (Å²) in [5.74, 6) is 1.61. The zero-order chi connectivity index (χ0) is 20.1. The molecule has 4 rings (SSSR count). The maximum Gasteiger partial charge on any atom is 0.231 e. The highest BCUT2D eigenvalue weighted by atomic mass is 32.1. The number of carbonyl (C=O) groups is 1. The van der Waals surface area contributed by atoms with Gasteiger partial charge in [0.05, 0.1) is 26.6 Å². The van der Waals surface area contributed by atoms with Crippen LogP contribution in [0.4, 0.5) is 0 Å². The Kier molecular flexibility index (Phi) is 6.63. The number of quaternary nitrogens is 2. The van der Waals surface area contributed by atoms with E-state index in [4.69, 9.17) is 9.47 Å². The van der Waals surface area contributed by atoms with E-state index in [-0.39, 0.29) is 12.7 Å². The van der Waals surface area contributed by atoms with Gasteiger partial charge in [0.1, 0.15) is 31.2 Å². The van der Waals surface area contributed by atoms with E-state index in [1.165, 1.54) is 26.2 Å². The van der Waals surface area contributed by atoms with Crippen molar-refractivity contribution in [1.29, 1.82) is 0 Å². The van der Waals surface area contributed by atoms with Crippen LogP contribution in [0.5, 0.6) is 11.5 Å². The van der Waals surface area contributed by atoms with Crippen molar-refractivity contribution in [2.45, 2.75) is 19.4 Å². The molecule has 0 atom stereocenters. The molecule has 3 heterocycles. The molecule has 2 aliphatic heterocycles. The number of nitrogens with zero attached hydrogens (tertiary/aromatic N) is 2. The number of benzene rings is 1. The van der Waals surface area contributed by atoms with Gasteiger partial charge < -0.3 is 24.2 Å². The lowest BCUT2D eigenvalue weighted by atomic mass is 10.1. The number of aromatic nitrogens is 1. The Balaban J connectivity index is 1.34. The van der Waals surface area contributed by atoms with Gasteiger partial charge in [-0.3, -0.25) is 4.79 Å². The number of hydrogen-bond donors (Lipinski definition) is 2. The van der Waals surface area contributed by atoms with E-state index in [1.807, 2.05) is 28.5 Å². The summed E-state index contributed by atoms with van der Waals surface area (Å²) in [5.41, 5.74) is 0.955. The average molecular weight is 419 g/mol. The van der Waals surface area contributed by atoms with Gasteiger partial charge in [0.15, 0.2) is 11.5 Å². The van der Waals surface area contributed by atoms with Crippen LogP contribution in [0.1, 0.15) is 17.0 Å². The van der Waals surface area contributed by atoms with Crippen molar-refractivity contribution in [2.75, 3.05) is 53.1 Å². The van der Waals surface area contributed by atoms with Crippen molar-refractivity contribution >= 4 is 17.2 Å². The lowest BCUT2D eigenvalue weighted by Crippen LogP contribution is -3.27. The second kappa shape index (κ2) is 9.56. The highest BCUT2D eigenvalue weighted by Crippen LogP contribution is 2.32. The van der Waals surface area contributed by atoms with Gasteiger partial charge in [-0.05, 0) is 17.7 Å². The van der Waals surface area contributed by atoms with Crippen LogP contribution in [0.3, 0.4) is 0 Å². The number of fused-ring (bicyclic) bond motifs is 1. The molecule has 0 aliphatic carbocycles. The van der Waals surface area contributed by atoms with Crippen LogP contribution >= 0.6 is 11.3 Å². The molecule has 2 N–H and O–H groups in total. The Labute approximate surface area is 175 Å².